The van der Waals surface area contributed by atoms with Gasteiger partial charge >= 0.3 is 0 Å². The van der Waals surface area contributed by atoms with E-state index >= 15 is 0 Å². The van der Waals surface area contributed by atoms with Gasteiger partial charge in [-0.1, -0.05) is 36.8 Å². The Labute approximate surface area is 112 Å². The highest BCUT2D eigenvalue weighted by Gasteiger charge is 2.10. The Balaban J connectivity index is 2.57. The lowest BCUT2D eigenvalue weighted by atomic mass is 9.93. The number of nitrogens with one attached hydrogen (secondary N) is 1. The van der Waals surface area contributed by atoms with E-state index in [0.29, 0.717) is 5.92 Å². The Hall–Kier alpha value is -0.860. The molecule has 0 bridgehead atoms. The molecule has 0 spiro atoms. The molecule has 18 heavy (non-hydrogen) atoms. The van der Waals surface area contributed by atoms with Crippen molar-refractivity contribution in [3.8, 4) is 0 Å². The van der Waals surface area contributed by atoms with Gasteiger partial charge in [-0.15, -0.1) is 0 Å². The Kier molecular flexibility index (Phi) is 7.70. The van der Waals surface area contributed by atoms with Crippen LogP contribution in [-0.4, -0.2) is 26.8 Å². The van der Waals surface area contributed by atoms with Crippen LogP contribution in [0, 0.1) is 6.92 Å². The summed E-state index contributed by atoms with van der Waals surface area (Å²) in [6, 6.07) is 8.88. The fourth-order valence-electron chi connectivity index (χ4n) is 2.24. The standard InChI is InChI=1S/C16H27NO/c1-4-10-17-13-16(9-6-11-18-3)15-8-5-7-14(2)12-15/h5,7-8,12,16-17H,4,6,9-11,13H2,1-3H3. The molecule has 0 saturated carbocycles. The van der Waals surface area contributed by atoms with Crippen molar-refractivity contribution in [2.75, 3.05) is 26.8 Å². The minimum atomic E-state index is 0.603. The van der Waals surface area contributed by atoms with Crippen LogP contribution in [0.1, 0.15) is 43.2 Å². The van der Waals surface area contributed by atoms with E-state index < -0.39 is 0 Å². The summed E-state index contributed by atoms with van der Waals surface area (Å²) in [6.07, 6.45) is 3.51. The van der Waals surface area contributed by atoms with Gasteiger partial charge in [0.15, 0.2) is 0 Å². The van der Waals surface area contributed by atoms with Gasteiger partial charge in [0.25, 0.3) is 0 Å². The molecule has 2 nitrogen and oxygen atoms in total. The lowest BCUT2D eigenvalue weighted by Gasteiger charge is -2.18. The van der Waals surface area contributed by atoms with E-state index in [1.54, 1.807) is 7.11 Å². The minimum Gasteiger partial charge on any atom is -0.385 e. The van der Waals surface area contributed by atoms with Crippen molar-refractivity contribution < 1.29 is 4.74 Å². The SMILES string of the molecule is CCCNCC(CCCOC)c1cccc(C)c1. The van der Waals surface area contributed by atoms with E-state index in [1.165, 1.54) is 24.0 Å². The summed E-state index contributed by atoms with van der Waals surface area (Å²) in [4.78, 5) is 0. The minimum absolute atomic E-state index is 0.603. The van der Waals surface area contributed by atoms with E-state index in [9.17, 15) is 0 Å². The fraction of sp³-hybridized carbons (Fsp3) is 0.625. The van der Waals surface area contributed by atoms with Crippen LogP contribution in [0.15, 0.2) is 24.3 Å². The maximum Gasteiger partial charge on any atom is 0.0462 e. The van der Waals surface area contributed by atoms with Crippen molar-refractivity contribution in [3.05, 3.63) is 35.4 Å². The van der Waals surface area contributed by atoms with E-state index in [2.05, 4.69) is 43.4 Å². The van der Waals surface area contributed by atoms with Gasteiger partial charge in [0.05, 0.1) is 0 Å². The van der Waals surface area contributed by atoms with Gasteiger partial charge in [-0.25, -0.2) is 0 Å². The molecule has 1 aromatic rings. The molecule has 1 unspecified atom stereocenters. The summed E-state index contributed by atoms with van der Waals surface area (Å²) in [5.41, 5.74) is 2.80. The molecule has 0 heterocycles. The van der Waals surface area contributed by atoms with E-state index in [0.717, 1.165) is 26.1 Å². The number of aryl methyl sites for hydroxylation is 1. The van der Waals surface area contributed by atoms with Crippen molar-refractivity contribution in [3.63, 3.8) is 0 Å². The summed E-state index contributed by atoms with van der Waals surface area (Å²) in [6.45, 7) is 7.40. The Morgan fingerprint density at radius 1 is 1.33 bits per heavy atom. The normalized spacial score (nSPS) is 12.6. The number of benzene rings is 1. The molecule has 0 saturated heterocycles. The lowest BCUT2D eigenvalue weighted by Crippen LogP contribution is -2.22. The van der Waals surface area contributed by atoms with Crippen LogP contribution in [0.2, 0.25) is 0 Å². The Bertz CT molecular complexity index is 315. The van der Waals surface area contributed by atoms with Crippen LogP contribution in [0.25, 0.3) is 0 Å². The number of hydrogen-bond acceptors (Lipinski definition) is 2. The van der Waals surface area contributed by atoms with Gasteiger partial charge in [-0.2, -0.15) is 0 Å². The molecule has 1 rings (SSSR count). The number of rotatable bonds is 9. The van der Waals surface area contributed by atoms with Crippen molar-refractivity contribution in [2.24, 2.45) is 0 Å². The van der Waals surface area contributed by atoms with Crippen LogP contribution in [-0.2, 0) is 4.74 Å². The first-order chi connectivity index (χ1) is 8.77. The maximum absolute atomic E-state index is 5.16. The highest BCUT2D eigenvalue weighted by molar-refractivity contribution is 5.25. The number of hydrogen-bond donors (Lipinski definition) is 1. The highest BCUT2D eigenvalue weighted by atomic mass is 16.5. The smallest absolute Gasteiger partial charge is 0.0462 e. The van der Waals surface area contributed by atoms with Crippen molar-refractivity contribution in [1.29, 1.82) is 0 Å². The van der Waals surface area contributed by atoms with Gasteiger partial charge < -0.3 is 10.1 Å². The summed E-state index contributed by atoms with van der Waals surface area (Å²) in [5.74, 6) is 0.603. The topological polar surface area (TPSA) is 21.3 Å². The van der Waals surface area contributed by atoms with E-state index in [4.69, 9.17) is 4.74 Å². The third-order valence-corrected chi connectivity index (χ3v) is 3.23. The largest absolute Gasteiger partial charge is 0.385 e. The average molecular weight is 249 g/mol. The molecule has 1 atom stereocenters. The fourth-order valence-corrected chi connectivity index (χ4v) is 2.24. The third kappa shape index (κ3) is 5.65. The zero-order valence-corrected chi connectivity index (χ0v) is 12.0. The zero-order valence-electron chi connectivity index (χ0n) is 12.0. The average Bonchev–Trinajstić information content (AvgIpc) is 2.37. The van der Waals surface area contributed by atoms with Crippen LogP contribution in [0.5, 0.6) is 0 Å². The second-order valence-electron chi connectivity index (χ2n) is 4.95. The van der Waals surface area contributed by atoms with Crippen molar-refractivity contribution in [1.82, 2.24) is 5.32 Å². The molecule has 2 heteroatoms. The number of methoxy groups -OCH3 is 1. The van der Waals surface area contributed by atoms with Gasteiger partial charge in [0.2, 0.25) is 0 Å². The van der Waals surface area contributed by atoms with E-state index in [-0.39, 0.29) is 0 Å². The molecular formula is C16H27NO. The highest BCUT2D eigenvalue weighted by Crippen LogP contribution is 2.21. The molecule has 1 aromatic carbocycles. The monoisotopic (exact) mass is 249 g/mol. The predicted molar refractivity (Wildman–Crippen MR) is 78.2 cm³/mol. The first-order valence-electron chi connectivity index (χ1n) is 7.04. The molecule has 0 aliphatic carbocycles. The molecule has 0 aliphatic heterocycles. The van der Waals surface area contributed by atoms with Crippen LogP contribution in [0.3, 0.4) is 0 Å². The van der Waals surface area contributed by atoms with Crippen LogP contribution >= 0.6 is 0 Å². The first kappa shape index (κ1) is 15.2. The van der Waals surface area contributed by atoms with E-state index in [1.807, 2.05) is 0 Å². The molecule has 0 aromatic heterocycles. The summed E-state index contributed by atoms with van der Waals surface area (Å²) >= 11 is 0. The second-order valence-corrected chi connectivity index (χ2v) is 4.95. The molecule has 0 fully saturated rings. The lowest BCUT2D eigenvalue weighted by molar-refractivity contribution is 0.190. The summed E-state index contributed by atoms with van der Waals surface area (Å²) in [7, 11) is 1.77. The predicted octanol–water partition coefficient (Wildman–Crippen LogP) is 3.50. The van der Waals surface area contributed by atoms with Crippen LogP contribution in [0.4, 0.5) is 0 Å². The molecule has 0 radical (unpaired) electrons. The van der Waals surface area contributed by atoms with Gasteiger partial charge in [0.1, 0.15) is 0 Å². The first-order valence-corrected chi connectivity index (χ1v) is 7.04. The molecule has 0 aliphatic rings. The van der Waals surface area contributed by atoms with Gasteiger partial charge in [-0.05, 0) is 44.2 Å². The van der Waals surface area contributed by atoms with Crippen molar-refractivity contribution in [2.45, 2.75) is 39.0 Å². The molecule has 102 valence electrons. The van der Waals surface area contributed by atoms with Crippen molar-refractivity contribution >= 4 is 0 Å². The zero-order chi connectivity index (χ0) is 13.2. The maximum atomic E-state index is 5.16. The van der Waals surface area contributed by atoms with Gasteiger partial charge in [-0.3, -0.25) is 0 Å². The third-order valence-electron chi connectivity index (χ3n) is 3.23. The molecule has 1 N–H and O–H groups in total. The van der Waals surface area contributed by atoms with Gasteiger partial charge in [0, 0.05) is 20.3 Å². The molecular weight excluding hydrogens is 222 g/mol. The number of ether oxygens (including phenoxy) is 1. The Morgan fingerprint density at radius 3 is 2.83 bits per heavy atom. The summed E-state index contributed by atoms with van der Waals surface area (Å²) < 4.78 is 5.16. The molecule has 0 amide bonds. The Morgan fingerprint density at radius 2 is 2.17 bits per heavy atom. The summed E-state index contributed by atoms with van der Waals surface area (Å²) in [5, 5.41) is 3.54. The second kappa shape index (κ2) is 9.12. The van der Waals surface area contributed by atoms with Crippen LogP contribution < -0.4 is 5.32 Å². The quantitative estimate of drug-likeness (QED) is 0.676.